The number of fused-ring (bicyclic) bond motifs is 1. The van der Waals surface area contributed by atoms with E-state index in [2.05, 4.69) is 33.6 Å². The third kappa shape index (κ3) is 6.77. The molecule has 6 rings (SSSR count). The smallest absolute Gasteiger partial charge is 0.419 e. The number of aromatic nitrogens is 5. The first-order valence-corrected chi connectivity index (χ1v) is 16.1. The number of pyridine rings is 1. The van der Waals surface area contributed by atoms with E-state index in [1.54, 1.807) is 41.5 Å². The molecule has 0 radical (unpaired) electrons. The molecule has 2 saturated carbocycles. The number of piperidine rings is 1. The van der Waals surface area contributed by atoms with E-state index in [-0.39, 0.29) is 18.5 Å². The van der Waals surface area contributed by atoms with Gasteiger partial charge in [0.25, 0.3) is 0 Å². The van der Waals surface area contributed by atoms with Gasteiger partial charge in [-0.3, -0.25) is 14.3 Å². The van der Waals surface area contributed by atoms with Crippen molar-refractivity contribution in [2.45, 2.75) is 109 Å². The normalized spacial score (nSPS) is 21.7. The minimum atomic E-state index is -0.716. The second-order valence-corrected chi connectivity index (χ2v) is 15.0. The summed E-state index contributed by atoms with van der Waals surface area (Å²) in [4.78, 5) is 34.3. The number of hydrogen-bond donors (Lipinski definition) is 0. The summed E-state index contributed by atoms with van der Waals surface area (Å²) >= 11 is 0. The number of rotatable bonds is 6. The van der Waals surface area contributed by atoms with E-state index in [9.17, 15) is 9.59 Å². The maximum atomic E-state index is 13.0. The van der Waals surface area contributed by atoms with E-state index in [0.29, 0.717) is 12.0 Å². The molecular formula is C33H47N7O4. The first-order chi connectivity index (χ1) is 20.7. The summed E-state index contributed by atoms with van der Waals surface area (Å²) in [7, 11) is 2.18. The second-order valence-electron chi connectivity index (χ2n) is 15.0. The summed E-state index contributed by atoms with van der Waals surface area (Å²) in [5.41, 5.74) is 2.86. The van der Waals surface area contributed by atoms with Gasteiger partial charge in [0.1, 0.15) is 11.2 Å². The van der Waals surface area contributed by atoms with Crippen molar-refractivity contribution >= 4 is 23.1 Å². The highest BCUT2D eigenvalue weighted by molar-refractivity contribution is 5.88. The van der Waals surface area contributed by atoms with Gasteiger partial charge in [-0.15, -0.1) is 0 Å². The summed E-state index contributed by atoms with van der Waals surface area (Å²) in [6.07, 6.45) is 10.8. The van der Waals surface area contributed by atoms with E-state index in [0.717, 1.165) is 84.4 Å². The van der Waals surface area contributed by atoms with Crippen molar-refractivity contribution < 1.29 is 19.1 Å². The Morgan fingerprint density at radius 2 is 1.57 bits per heavy atom. The van der Waals surface area contributed by atoms with Crippen LogP contribution in [0.5, 0.6) is 0 Å². The third-order valence-corrected chi connectivity index (χ3v) is 8.77. The van der Waals surface area contributed by atoms with Gasteiger partial charge >= 0.3 is 12.2 Å². The van der Waals surface area contributed by atoms with Gasteiger partial charge in [-0.2, -0.15) is 10.2 Å². The number of nitrogens with zero attached hydrogens (tertiary/aromatic N) is 7. The zero-order chi connectivity index (χ0) is 31.4. The van der Waals surface area contributed by atoms with E-state index in [1.807, 2.05) is 12.4 Å². The number of likely N-dealkylation sites (tertiary alicyclic amines) is 1. The SMILES string of the molecule is CN1CCC(n2ncc3cnc(-c4cn([C@H]5C[C@H](CN(C(=O)OC(C)(C)C)C(=O)OC(C)(C)C)C5)nc4C4CC4)cc32)CC1. The van der Waals surface area contributed by atoms with Crippen molar-refractivity contribution in [1.82, 2.24) is 34.3 Å². The summed E-state index contributed by atoms with van der Waals surface area (Å²) in [6.45, 7) is 13.2. The summed E-state index contributed by atoms with van der Waals surface area (Å²) < 4.78 is 15.4. The Labute approximate surface area is 259 Å². The standard InChI is InChI=1S/C33H47N7O4/c1-32(2,3)43-30(41)38(31(42)44-33(4,5)6)19-21-14-25(15-21)39-20-26(29(36-39)22-8-9-22)27-16-28-23(17-34-27)18-35-40(28)24-10-12-37(7)13-11-24/h16-18,20-22,24-25H,8-15,19H2,1-7H3/t21-,25-. The topological polar surface area (TPSA) is 108 Å². The van der Waals surface area contributed by atoms with Gasteiger partial charge in [0.15, 0.2) is 0 Å². The molecule has 44 heavy (non-hydrogen) atoms. The third-order valence-electron chi connectivity index (χ3n) is 8.77. The molecule has 0 N–H and O–H groups in total. The van der Waals surface area contributed by atoms with Crippen LogP contribution >= 0.6 is 0 Å². The van der Waals surface area contributed by atoms with Crippen molar-refractivity contribution in [3.63, 3.8) is 0 Å². The summed E-state index contributed by atoms with van der Waals surface area (Å²) in [5, 5.41) is 10.9. The molecule has 3 aromatic rings. The van der Waals surface area contributed by atoms with Crippen LogP contribution in [-0.4, -0.2) is 84.4 Å². The lowest BCUT2D eigenvalue weighted by Crippen LogP contribution is -2.47. The molecule has 3 aromatic heterocycles. The predicted octanol–water partition coefficient (Wildman–Crippen LogP) is 6.56. The number of ether oxygens (including phenoxy) is 2. The average Bonchev–Trinajstić information content (AvgIpc) is 3.51. The molecule has 1 saturated heterocycles. The van der Waals surface area contributed by atoms with Gasteiger partial charge in [-0.25, -0.2) is 14.5 Å². The molecule has 238 valence electrons. The van der Waals surface area contributed by atoms with Crippen molar-refractivity contribution in [3.05, 3.63) is 30.4 Å². The maximum absolute atomic E-state index is 13.0. The lowest BCUT2D eigenvalue weighted by molar-refractivity contribution is -0.00641. The molecule has 0 unspecified atom stereocenters. The number of hydrogen-bond acceptors (Lipinski definition) is 8. The van der Waals surface area contributed by atoms with Gasteiger partial charge < -0.3 is 14.4 Å². The Morgan fingerprint density at radius 3 is 2.16 bits per heavy atom. The predicted molar refractivity (Wildman–Crippen MR) is 167 cm³/mol. The molecule has 11 nitrogen and oxygen atoms in total. The highest BCUT2D eigenvalue weighted by atomic mass is 16.6. The highest BCUT2D eigenvalue weighted by Crippen LogP contribution is 2.46. The van der Waals surface area contributed by atoms with Crippen molar-refractivity contribution in [1.29, 1.82) is 0 Å². The van der Waals surface area contributed by atoms with E-state index in [4.69, 9.17) is 24.7 Å². The first-order valence-electron chi connectivity index (χ1n) is 16.1. The Balaban J connectivity index is 1.18. The lowest BCUT2D eigenvalue weighted by atomic mass is 9.80. The fraction of sp³-hybridized carbons (Fsp3) is 0.667. The molecule has 2 aliphatic carbocycles. The first kappa shape index (κ1) is 30.6. The van der Waals surface area contributed by atoms with Crippen LogP contribution in [0.15, 0.2) is 24.7 Å². The fourth-order valence-corrected chi connectivity index (χ4v) is 6.25. The zero-order valence-electron chi connectivity index (χ0n) is 27.2. The van der Waals surface area contributed by atoms with Crippen LogP contribution < -0.4 is 0 Å². The molecule has 3 aliphatic rings. The van der Waals surface area contributed by atoms with E-state index >= 15 is 0 Å². The molecule has 3 fully saturated rings. The van der Waals surface area contributed by atoms with Gasteiger partial charge in [0.05, 0.1) is 35.2 Å². The van der Waals surface area contributed by atoms with Gasteiger partial charge in [-0.05, 0) is 112 Å². The maximum Gasteiger partial charge on any atom is 0.419 e. The molecule has 1 aliphatic heterocycles. The molecule has 0 bridgehead atoms. The number of imide groups is 1. The fourth-order valence-electron chi connectivity index (χ4n) is 6.25. The zero-order valence-corrected chi connectivity index (χ0v) is 27.2. The van der Waals surface area contributed by atoms with Crippen molar-refractivity contribution in [3.8, 4) is 11.3 Å². The lowest BCUT2D eigenvalue weighted by Gasteiger charge is -2.38. The largest absolute Gasteiger partial charge is 0.443 e. The van der Waals surface area contributed by atoms with Crippen LogP contribution in [0, 0.1) is 5.92 Å². The van der Waals surface area contributed by atoms with Crippen LogP contribution in [0.2, 0.25) is 0 Å². The average molecular weight is 606 g/mol. The number of carbonyl (C=O) groups is 2. The molecule has 4 heterocycles. The quantitative estimate of drug-likeness (QED) is 0.311. The Kier molecular flexibility index (Phi) is 7.96. The molecule has 0 spiro atoms. The van der Waals surface area contributed by atoms with Crippen LogP contribution in [-0.2, 0) is 9.47 Å². The van der Waals surface area contributed by atoms with Crippen LogP contribution in [0.25, 0.3) is 22.2 Å². The molecule has 0 aromatic carbocycles. The Morgan fingerprint density at radius 1 is 0.932 bits per heavy atom. The van der Waals surface area contributed by atoms with Gasteiger partial charge in [0.2, 0.25) is 0 Å². The van der Waals surface area contributed by atoms with E-state index in [1.165, 1.54) is 0 Å². The van der Waals surface area contributed by atoms with Gasteiger partial charge in [0, 0.05) is 35.8 Å². The summed E-state index contributed by atoms with van der Waals surface area (Å²) in [5.74, 6) is 0.601. The van der Waals surface area contributed by atoms with Gasteiger partial charge in [-0.1, -0.05) is 0 Å². The monoisotopic (exact) mass is 605 g/mol. The highest BCUT2D eigenvalue weighted by Gasteiger charge is 2.40. The van der Waals surface area contributed by atoms with Crippen molar-refractivity contribution in [2.75, 3.05) is 26.7 Å². The molecule has 0 atom stereocenters. The van der Waals surface area contributed by atoms with Crippen LogP contribution in [0.1, 0.15) is 104 Å². The Bertz CT molecular complexity index is 1480. The summed E-state index contributed by atoms with van der Waals surface area (Å²) in [6, 6.07) is 2.79. The van der Waals surface area contributed by atoms with Crippen LogP contribution in [0.3, 0.4) is 0 Å². The van der Waals surface area contributed by atoms with Crippen LogP contribution in [0.4, 0.5) is 9.59 Å². The minimum absolute atomic E-state index is 0.135. The van der Waals surface area contributed by atoms with Crippen molar-refractivity contribution in [2.24, 2.45) is 5.92 Å². The Hall–Kier alpha value is -3.47. The number of carbonyl (C=O) groups excluding carboxylic acids is 2. The molecule has 11 heteroatoms. The minimum Gasteiger partial charge on any atom is -0.443 e. The number of amides is 2. The molecular weight excluding hydrogens is 558 g/mol. The van der Waals surface area contributed by atoms with E-state index < -0.39 is 23.4 Å². The molecule has 2 amide bonds. The second kappa shape index (κ2) is 11.5.